The standard InChI is InChI=1S/C27H29NO6/c1-31-25-12-10-20(18-26(25)32-2)34-16-6-5-15-33-19-9-11-22-21-7-3-4-8-23(21)28(24(22)17-19)14-13-27(29)30/h3-4,7-12,17-18H,5-6,13-16H2,1-2H3,(H,29,30). The molecule has 3 aromatic carbocycles. The van der Waals surface area contributed by atoms with Crippen molar-refractivity contribution in [1.29, 1.82) is 0 Å². The van der Waals surface area contributed by atoms with E-state index in [9.17, 15) is 4.79 Å². The van der Waals surface area contributed by atoms with Crippen molar-refractivity contribution in [3.05, 3.63) is 60.7 Å². The quantitative estimate of drug-likeness (QED) is 0.279. The molecule has 0 aliphatic rings. The fourth-order valence-corrected chi connectivity index (χ4v) is 4.06. The zero-order valence-corrected chi connectivity index (χ0v) is 19.5. The molecule has 0 radical (unpaired) electrons. The lowest BCUT2D eigenvalue weighted by Crippen LogP contribution is -2.05. The number of rotatable bonds is 12. The minimum atomic E-state index is -0.811. The number of benzene rings is 3. The first-order valence-electron chi connectivity index (χ1n) is 11.3. The summed E-state index contributed by atoms with van der Waals surface area (Å²) in [5.74, 6) is 2.00. The van der Waals surface area contributed by atoms with E-state index in [1.54, 1.807) is 14.2 Å². The molecule has 0 unspecified atom stereocenters. The maximum absolute atomic E-state index is 11.2. The number of hydrogen-bond acceptors (Lipinski definition) is 5. The van der Waals surface area contributed by atoms with Gasteiger partial charge in [0.1, 0.15) is 11.5 Å². The maximum Gasteiger partial charge on any atom is 0.305 e. The molecule has 34 heavy (non-hydrogen) atoms. The molecule has 0 aliphatic heterocycles. The molecule has 4 aromatic rings. The Labute approximate surface area is 198 Å². The normalized spacial score (nSPS) is 11.0. The minimum absolute atomic E-state index is 0.0684. The number of carbonyl (C=O) groups is 1. The molecule has 1 heterocycles. The summed E-state index contributed by atoms with van der Waals surface area (Å²) >= 11 is 0. The van der Waals surface area contributed by atoms with Crippen molar-refractivity contribution in [2.24, 2.45) is 0 Å². The number of ether oxygens (including phenoxy) is 4. The number of nitrogens with zero attached hydrogens (tertiary/aromatic N) is 1. The van der Waals surface area contributed by atoms with E-state index in [1.165, 1.54) is 0 Å². The number of fused-ring (bicyclic) bond motifs is 3. The van der Waals surface area contributed by atoms with E-state index in [0.29, 0.717) is 31.3 Å². The van der Waals surface area contributed by atoms with Crippen LogP contribution in [0.4, 0.5) is 0 Å². The Bertz CT molecular complexity index is 1280. The number of hydrogen-bond donors (Lipinski definition) is 1. The van der Waals surface area contributed by atoms with Crippen molar-refractivity contribution in [1.82, 2.24) is 4.57 Å². The number of aryl methyl sites for hydroxylation is 1. The highest BCUT2D eigenvalue weighted by molar-refractivity contribution is 6.08. The van der Waals surface area contributed by atoms with E-state index in [4.69, 9.17) is 24.1 Å². The van der Waals surface area contributed by atoms with Crippen molar-refractivity contribution in [2.45, 2.75) is 25.8 Å². The van der Waals surface area contributed by atoms with Gasteiger partial charge in [0, 0.05) is 35.0 Å². The van der Waals surface area contributed by atoms with Gasteiger partial charge in [-0.2, -0.15) is 0 Å². The molecule has 1 N–H and O–H groups in total. The lowest BCUT2D eigenvalue weighted by atomic mass is 10.1. The van der Waals surface area contributed by atoms with Crippen LogP contribution in [0.1, 0.15) is 19.3 Å². The van der Waals surface area contributed by atoms with Gasteiger partial charge < -0.3 is 28.6 Å². The predicted octanol–water partition coefficient (Wildman–Crippen LogP) is 5.52. The number of carboxylic acids is 1. The molecule has 7 heteroatoms. The van der Waals surface area contributed by atoms with Gasteiger partial charge in [0.2, 0.25) is 0 Å². The molecule has 0 aliphatic carbocycles. The number of carboxylic acid groups (broad SMARTS) is 1. The van der Waals surface area contributed by atoms with Crippen molar-refractivity contribution in [3.63, 3.8) is 0 Å². The Morgan fingerprint density at radius 1 is 0.794 bits per heavy atom. The van der Waals surface area contributed by atoms with Gasteiger partial charge >= 0.3 is 5.97 Å². The van der Waals surface area contributed by atoms with Gasteiger partial charge in [-0.05, 0) is 43.2 Å². The van der Waals surface area contributed by atoms with E-state index >= 15 is 0 Å². The Hall–Kier alpha value is -3.87. The van der Waals surface area contributed by atoms with Gasteiger partial charge in [-0.1, -0.05) is 18.2 Å². The number of aliphatic carboxylic acids is 1. The number of para-hydroxylation sites is 1. The van der Waals surface area contributed by atoms with Gasteiger partial charge in [0.15, 0.2) is 11.5 Å². The van der Waals surface area contributed by atoms with Crippen LogP contribution in [0.5, 0.6) is 23.0 Å². The molecule has 0 bridgehead atoms. The summed E-state index contributed by atoms with van der Waals surface area (Å²) in [4.78, 5) is 11.2. The topological polar surface area (TPSA) is 79.2 Å². The van der Waals surface area contributed by atoms with Crippen LogP contribution >= 0.6 is 0 Å². The van der Waals surface area contributed by atoms with E-state index in [0.717, 1.165) is 46.1 Å². The van der Waals surface area contributed by atoms with Crippen LogP contribution in [0.3, 0.4) is 0 Å². The Morgan fingerprint density at radius 2 is 1.44 bits per heavy atom. The van der Waals surface area contributed by atoms with Gasteiger partial charge in [-0.25, -0.2) is 0 Å². The summed E-state index contributed by atoms with van der Waals surface area (Å²) in [6, 6.07) is 19.6. The monoisotopic (exact) mass is 463 g/mol. The Morgan fingerprint density at radius 3 is 2.15 bits per heavy atom. The second-order valence-electron chi connectivity index (χ2n) is 7.91. The first kappa shape index (κ1) is 23.3. The van der Waals surface area contributed by atoms with Crippen LogP contribution in [-0.2, 0) is 11.3 Å². The average Bonchev–Trinajstić information content (AvgIpc) is 3.17. The summed E-state index contributed by atoms with van der Waals surface area (Å²) in [7, 11) is 3.20. The van der Waals surface area contributed by atoms with Crippen molar-refractivity contribution in [3.8, 4) is 23.0 Å². The van der Waals surface area contributed by atoms with E-state index in [2.05, 4.69) is 10.6 Å². The minimum Gasteiger partial charge on any atom is -0.494 e. The molecular formula is C27H29NO6. The highest BCUT2D eigenvalue weighted by atomic mass is 16.5. The van der Waals surface area contributed by atoms with Crippen LogP contribution in [0.15, 0.2) is 60.7 Å². The van der Waals surface area contributed by atoms with Gasteiger partial charge in [0.05, 0.1) is 39.4 Å². The predicted molar refractivity (Wildman–Crippen MR) is 131 cm³/mol. The van der Waals surface area contributed by atoms with E-state index in [-0.39, 0.29) is 6.42 Å². The van der Waals surface area contributed by atoms with Crippen molar-refractivity contribution in [2.75, 3.05) is 27.4 Å². The van der Waals surface area contributed by atoms with E-state index < -0.39 is 5.97 Å². The fraction of sp³-hybridized carbons (Fsp3) is 0.296. The summed E-state index contributed by atoms with van der Waals surface area (Å²) < 4.78 is 24.4. The van der Waals surface area contributed by atoms with Crippen LogP contribution in [0.2, 0.25) is 0 Å². The zero-order chi connectivity index (χ0) is 23.9. The molecule has 0 saturated carbocycles. The van der Waals surface area contributed by atoms with Gasteiger partial charge in [-0.3, -0.25) is 4.79 Å². The number of methoxy groups -OCH3 is 2. The first-order chi connectivity index (χ1) is 16.6. The molecule has 0 atom stereocenters. The molecule has 7 nitrogen and oxygen atoms in total. The lowest BCUT2D eigenvalue weighted by Gasteiger charge is -2.11. The van der Waals surface area contributed by atoms with Gasteiger partial charge in [0.25, 0.3) is 0 Å². The molecular weight excluding hydrogens is 434 g/mol. The zero-order valence-electron chi connectivity index (χ0n) is 19.5. The SMILES string of the molecule is COc1ccc(OCCCCOc2ccc3c4ccccc4n(CCC(=O)O)c3c2)cc1OC. The summed E-state index contributed by atoms with van der Waals surface area (Å²) in [5, 5.41) is 11.4. The Balaban J connectivity index is 1.34. The largest absolute Gasteiger partial charge is 0.494 e. The fourth-order valence-electron chi connectivity index (χ4n) is 4.06. The highest BCUT2D eigenvalue weighted by Crippen LogP contribution is 2.32. The highest BCUT2D eigenvalue weighted by Gasteiger charge is 2.12. The third-order valence-corrected chi connectivity index (χ3v) is 5.73. The third-order valence-electron chi connectivity index (χ3n) is 5.73. The van der Waals surface area contributed by atoms with Crippen molar-refractivity contribution >= 4 is 27.8 Å². The molecule has 0 saturated heterocycles. The van der Waals surface area contributed by atoms with E-state index in [1.807, 2.05) is 54.6 Å². The maximum atomic E-state index is 11.2. The van der Waals surface area contributed by atoms with Crippen molar-refractivity contribution < 1.29 is 28.8 Å². The van der Waals surface area contributed by atoms with Crippen LogP contribution in [-0.4, -0.2) is 43.1 Å². The van der Waals surface area contributed by atoms with Crippen LogP contribution in [0, 0.1) is 0 Å². The summed E-state index contributed by atoms with van der Waals surface area (Å²) in [6.07, 6.45) is 1.75. The average molecular weight is 464 g/mol. The van der Waals surface area contributed by atoms with Gasteiger partial charge in [-0.15, -0.1) is 0 Å². The second-order valence-corrected chi connectivity index (χ2v) is 7.91. The Kier molecular flexibility index (Phi) is 7.42. The molecule has 178 valence electrons. The summed E-state index contributed by atoms with van der Waals surface area (Å²) in [5.41, 5.74) is 2.01. The molecule has 1 aromatic heterocycles. The van der Waals surface area contributed by atoms with Crippen LogP contribution in [0.25, 0.3) is 21.8 Å². The summed E-state index contributed by atoms with van der Waals surface area (Å²) in [6.45, 7) is 1.55. The molecule has 4 rings (SSSR count). The van der Waals surface area contributed by atoms with Crippen LogP contribution < -0.4 is 18.9 Å². The molecule has 0 amide bonds. The first-order valence-corrected chi connectivity index (χ1v) is 11.3. The number of unbranched alkanes of at least 4 members (excludes halogenated alkanes) is 1. The molecule has 0 spiro atoms. The third kappa shape index (κ3) is 5.20. The lowest BCUT2D eigenvalue weighted by molar-refractivity contribution is -0.137. The smallest absolute Gasteiger partial charge is 0.305 e. The number of aromatic nitrogens is 1. The molecule has 0 fully saturated rings. The second kappa shape index (κ2) is 10.8.